The third-order valence-electron chi connectivity index (χ3n) is 5.02. The second kappa shape index (κ2) is 7.37. The molecule has 1 heterocycles. The molecule has 1 amide bonds. The van der Waals surface area contributed by atoms with Crippen LogP contribution in [0.15, 0.2) is 0 Å². The van der Waals surface area contributed by atoms with Gasteiger partial charge in [-0.05, 0) is 31.6 Å². The van der Waals surface area contributed by atoms with Gasteiger partial charge >= 0.3 is 5.97 Å². The number of aliphatic hydroxyl groups is 1. The first kappa shape index (κ1) is 19.1. The average Bonchev–Trinajstić information content (AvgIpc) is 2.49. The van der Waals surface area contributed by atoms with Crippen molar-refractivity contribution in [2.24, 2.45) is 5.92 Å². The zero-order valence-electron chi connectivity index (χ0n) is 13.9. The van der Waals surface area contributed by atoms with E-state index in [9.17, 15) is 23.1 Å². The maximum atomic E-state index is 12.2. The summed E-state index contributed by atoms with van der Waals surface area (Å²) in [6.45, 7) is 2.22. The van der Waals surface area contributed by atoms with E-state index in [1.165, 1.54) is 4.90 Å². The largest absolute Gasteiger partial charge is 0.479 e. The first-order valence-corrected chi connectivity index (χ1v) is 10.00. The minimum Gasteiger partial charge on any atom is -0.479 e. The molecule has 1 aliphatic heterocycles. The number of nitrogens with one attached hydrogen (secondary N) is 1. The van der Waals surface area contributed by atoms with Crippen molar-refractivity contribution in [3.8, 4) is 0 Å². The van der Waals surface area contributed by atoms with Crippen molar-refractivity contribution in [2.45, 2.75) is 57.1 Å². The Hall–Kier alpha value is -1.19. The highest BCUT2D eigenvalue weighted by Crippen LogP contribution is 2.24. The van der Waals surface area contributed by atoms with Gasteiger partial charge in [0.25, 0.3) is 0 Å². The summed E-state index contributed by atoms with van der Waals surface area (Å²) in [6.07, 6.45) is 3.32. The van der Waals surface area contributed by atoms with E-state index >= 15 is 0 Å². The Kier molecular flexibility index (Phi) is 5.87. The smallest absolute Gasteiger partial charge is 0.335 e. The predicted molar refractivity (Wildman–Crippen MR) is 86.7 cm³/mol. The fourth-order valence-corrected chi connectivity index (χ4v) is 4.60. The number of piperidine rings is 1. The molecule has 0 bridgehead atoms. The summed E-state index contributed by atoms with van der Waals surface area (Å²) in [5.74, 6) is -1.90. The molecule has 9 heteroatoms. The molecule has 1 aliphatic carbocycles. The molecular formula is C15H26N2O6S. The number of carbonyl (C=O) groups excluding carboxylic acids is 1. The van der Waals surface area contributed by atoms with Gasteiger partial charge in [-0.2, -0.15) is 0 Å². The monoisotopic (exact) mass is 362 g/mol. The molecule has 0 unspecified atom stereocenters. The van der Waals surface area contributed by atoms with Crippen LogP contribution in [0.3, 0.4) is 0 Å². The van der Waals surface area contributed by atoms with Gasteiger partial charge < -0.3 is 15.1 Å². The Labute approximate surface area is 142 Å². The van der Waals surface area contributed by atoms with Gasteiger partial charge in [0.05, 0.1) is 0 Å². The molecule has 0 aromatic heterocycles. The lowest BCUT2D eigenvalue weighted by molar-refractivity contribution is -0.165. The molecule has 2 rings (SSSR count). The Morgan fingerprint density at radius 3 is 2.21 bits per heavy atom. The number of carboxylic acids is 1. The van der Waals surface area contributed by atoms with Crippen molar-refractivity contribution in [2.75, 3.05) is 18.8 Å². The maximum absolute atomic E-state index is 12.2. The number of hydrogen-bond donors (Lipinski definition) is 3. The van der Waals surface area contributed by atoms with E-state index in [0.29, 0.717) is 5.92 Å². The summed E-state index contributed by atoms with van der Waals surface area (Å²) in [5.41, 5.74) is -1.83. The first-order valence-electron chi connectivity index (χ1n) is 8.35. The summed E-state index contributed by atoms with van der Waals surface area (Å²) in [5, 5.41) is 18.8. The average molecular weight is 362 g/mol. The zero-order valence-corrected chi connectivity index (χ0v) is 14.7. The second-order valence-corrected chi connectivity index (χ2v) is 8.81. The van der Waals surface area contributed by atoms with E-state index < -0.39 is 33.3 Å². The molecule has 138 valence electrons. The topological polar surface area (TPSA) is 124 Å². The molecule has 0 spiro atoms. The second-order valence-electron chi connectivity index (χ2n) is 7.05. The number of likely N-dealkylation sites (tertiary alicyclic amines) is 1. The Morgan fingerprint density at radius 2 is 1.71 bits per heavy atom. The van der Waals surface area contributed by atoms with Crippen LogP contribution >= 0.6 is 0 Å². The number of carbonyl (C=O) groups is 2. The Bertz CT molecular complexity index is 575. The lowest BCUT2D eigenvalue weighted by Crippen LogP contribution is -2.52. The number of amides is 1. The number of sulfonamides is 1. The fourth-order valence-electron chi connectivity index (χ4n) is 3.27. The van der Waals surface area contributed by atoms with E-state index in [4.69, 9.17) is 5.11 Å². The van der Waals surface area contributed by atoms with Crippen molar-refractivity contribution in [3.05, 3.63) is 0 Å². The normalized spacial score (nSPS) is 27.7. The molecular weight excluding hydrogens is 336 g/mol. The van der Waals surface area contributed by atoms with E-state index in [-0.39, 0.29) is 32.0 Å². The van der Waals surface area contributed by atoms with Gasteiger partial charge in [0, 0.05) is 32.0 Å². The van der Waals surface area contributed by atoms with Gasteiger partial charge in [-0.1, -0.05) is 6.92 Å². The Balaban J connectivity index is 1.84. The van der Waals surface area contributed by atoms with Crippen molar-refractivity contribution >= 4 is 21.9 Å². The summed E-state index contributed by atoms with van der Waals surface area (Å²) in [7, 11) is -3.71. The number of hydrogen-bond acceptors (Lipinski definition) is 5. The van der Waals surface area contributed by atoms with Gasteiger partial charge in [-0.3, -0.25) is 4.79 Å². The van der Waals surface area contributed by atoms with Gasteiger partial charge in [0.1, 0.15) is 5.75 Å². The van der Waals surface area contributed by atoms with Crippen molar-refractivity contribution in [1.29, 1.82) is 0 Å². The highest BCUT2D eigenvalue weighted by Gasteiger charge is 2.41. The van der Waals surface area contributed by atoms with Gasteiger partial charge in [0.2, 0.25) is 15.9 Å². The zero-order chi connectivity index (χ0) is 18.0. The number of rotatable bonds is 5. The number of carboxylic acid groups (broad SMARTS) is 1. The Morgan fingerprint density at radius 1 is 1.17 bits per heavy atom. The van der Waals surface area contributed by atoms with Crippen LogP contribution in [0.5, 0.6) is 0 Å². The van der Waals surface area contributed by atoms with E-state index in [2.05, 4.69) is 11.6 Å². The molecule has 2 fully saturated rings. The molecule has 24 heavy (non-hydrogen) atoms. The van der Waals surface area contributed by atoms with E-state index in [1.54, 1.807) is 0 Å². The maximum Gasteiger partial charge on any atom is 0.335 e. The minimum atomic E-state index is -3.71. The SMILES string of the molecule is CC1CCC(NS(=O)(=O)CC(=O)N2CCC(O)(C(=O)O)CC2)CC1. The minimum absolute atomic E-state index is 0.0398. The molecule has 0 aromatic carbocycles. The standard InChI is InChI=1S/C15H26N2O6S/c1-11-2-4-12(5-3-11)16-24(22,23)10-13(18)17-8-6-15(21,7-9-17)14(19)20/h11-12,16,21H,2-10H2,1H3,(H,19,20). The lowest BCUT2D eigenvalue weighted by atomic mass is 9.88. The van der Waals surface area contributed by atoms with Gasteiger partial charge in [-0.15, -0.1) is 0 Å². The van der Waals surface area contributed by atoms with Crippen LogP contribution in [0.1, 0.15) is 45.4 Å². The van der Waals surface area contributed by atoms with Crippen LogP contribution in [0, 0.1) is 5.92 Å². The highest BCUT2D eigenvalue weighted by molar-refractivity contribution is 7.90. The van der Waals surface area contributed by atoms with Gasteiger partial charge in [-0.25, -0.2) is 17.9 Å². The third kappa shape index (κ3) is 4.90. The van der Waals surface area contributed by atoms with E-state index in [1.807, 2.05) is 0 Å². The number of nitrogens with zero attached hydrogens (tertiary/aromatic N) is 1. The van der Waals surface area contributed by atoms with Crippen LogP contribution in [0.2, 0.25) is 0 Å². The molecule has 0 radical (unpaired) electrons. The van der Waals surface area contributed by atoms with Crippen LogP contribution < -0.4 is 4.72 Å². The highest BCUT2D eigenvalue weighted by atomic mass is 32.2. The van der Waals surface area contributed by atoms with Crippen LogP contribution in [-0.2, 0) is 19.6 Å². The number of aliphatic carboxylic acids is 1. The third-order valence-corrected chi connectivity index (χ3v) is 6.34. The predicted octanol–water partition coefficient (Wildman–Crippen LogP) is -0.0774. The summed E-state index contributed by atoms with van der Waals surface area (Å²) in [4.78, 5) is 24.4. The van der Waals surface area contributed by atoms with Gasteiger partial charge in [0.15, 0.2) is 5.60 Å². The summed E-state index contributed by atoms with van der Waals surface area (Å²) in [6, 6.07) is -0.113. The lowest BCUT2D eigenvalue weighted by Gasteiger charge is -2.35. The molecule has 1 saturated carbocycles. The van der Waals surface area contributed by atoms with Crippen LogP contribution in [0.4, 0.5) is 0 Å². The molecule has 8 nitrogen and oxygen atoms in total. The van der Waals surface area contributed by atoms with Crippen LogP contribution in [0.25, 0.3) is 0 Å². The van der Waals surface area contributed by atoms with E-state index in [0.717, 1.165) is 25.7 Å². The molecule has 2 aliphatic rings. The molecule has 1 saturated heterocycles. The van der Waals surface area contributed by atoms with Crippen molar-refractivity contribution in [1.82, 2.24) is 9.62 Å². The summed E-state index contributed by atoms with van der Waals surface area (Å²) >= 11 is 0. The van der Waals surface area contributed by atoms with Crippen molar-refractivity contribution < 1.29 is 28.2 Å². The quantitative estimate of drug-likeness (QED) is 0.628. The fraction of sp³-hybridized carbons (Fsp3) is 0.867. The molecule has 3 N–H and O–H groups in total. The van der Waals surface area contributed by atoms with Crippen LogP contribution in [-0.4, -0.2) is 65.9 Å². The molecule has 0 atom stereocenters. The first-order chi connectivity index (χ1) is 11.1. The molecule has 0 aromatic rings. The van der Waals surface area contributed by atoms with Crippen molar-refractivity contribution in [3.63, 3.8) is 0 Å². The summed E-state index contributed by atoms with van der Waals surface area (Å²) < 4.78 is 26.9.